The lowest BCUT2D eigenvalue weighted by molar-refractivity contribution is 0.467. The number of hydrazone groups is 1. The smallest absolute Gasteiger partial charge is 0.336 e. The Kier molecular flexibility index (Phi) is 5.07. The van der Waals surface area contributed by atoms with E-state index < -0.39 is 5.63 Å². The zero-order valence-electron chi connectivity index (χ0n) is 15.2. The second-order valence-corrected chi connectivity index (χ2v) is 6.29. The van der Waals surface area contributed by atoms with E-state index >= 15 is 0 Å². The highest BCUT2D eigenvalue weighted by Gasteiger charge is 2.16. The second kappa shape index (κ2) is 7.44. The number of hydrogen-bond acceptors (Lipinski definition) is 5. The summed E-state index contributed by atoms with van der Waals surface area (Å²) in [6, 6.07) is 13.0. The van der Waals surface area contributed by atoms with E-state index in [1.54, 1.807) is 6.92 Å². The summed E-state index contributed by atoms with van der Waals surface area (Å²) in [5, 5.41) is 15.8. The van der Waals surface area contributed by atoms with Crippen LogP contribution in [0.1, 0.15) is 37.0 Å². The number of aryl methyl sites for hydroxylation is 2. The van der Waals surface area contributed by atoms with Crippen LogP contribution in [0, 0.1) is 6.92 Å². The first kappa shape index (κ1) is 17.7. The number of aromatic hydroxyl groups is 1. The molecule has 0 spiro atoms. The lowest BCUT2D eigenvalue weighted by atomic mass is 9.98. The summed E-state index contributed by atoms with van der Waals surface area (Å²) >= 11 is 0. The minimum atomic E-state index is -0.396. The highest BCUT2D eigenvalue weighted by atomic mass is 16.4. The monoisotopic (exact) mass is 350 g/mol. The molecule has 0 aliphatic rings. The van der Waals surface area contributed by atoms with Crippen molar-refractivity contribution in [1.29, 1.82) is 0 Å². The first-order chi connectivity index (χ1) is 12.5. The predicted octanol–water partition coefficient (Wildman–Crippen LogP) is 4.60. The maximum absolute atomic E-state index is 11.8. The van der Waals surface area contributed by atoms with Crippen molar-refractivity contribution in [3.05, 3.63) is 69.6 Å². The molecule has 1 heterocycles. The Labute approximate surface area is 152 Å². The zero-order chi connectivity index (χ0) is 18.7. The third-order valence-corrected chi connectivity index (χ3v) is 4.36. The van der Waals surface area contributed by atoms with E-state index in [0.29, 0.717) is 22.4 Å². The predicted molar refractivity (Wildman–Crippen MR) is 105 cm³/mol. The summed E-state index contributed by atoms with van der Waals surface area (Å²) in [6.45, 7) is 5.64. The fourth-order valence-electron chi connectivity index (χ4n) is 2.98. The number of nitrogens with one attached hydrogen (secondary N) is 1. The van der Waals surface area contributed by atoms with Crippen molar-refractivity contribution in [2.24, 2.45) is 5.10 Å². The van der Waals surface area contributed by atoms with E-state index in [4.69, 9.17) is 4.42 Å². The third-order valence-electron chi connectivity index (χ3n) is 4.36. The van der Waals surface area contributed by atoms with Gasteiger partial charge in [0.1, 0.15) is 11.3 Å². The number of phenols is 1. The SMILES string of the molecule is CCCc1cc(=O)oc2c(C)c(O)c(C(C)=NNc3ccccc3)cc12. The molecule has 0 aliphatic heterocycles. The summed E-state index contributed by atoms with van der Waals surface area (Å²) in [4.78, 5) is 11.8. The van der Waals surface area contributed by atoms with Gasteiger partial charge in [-0.05, 0) is 44.0 Å². The van der Waals surface area contributed by atoms with Gasteiger partial charge in [-0.3, -0.25) is 5.43 Å². The van der Waals surface area contributed by atoms with Crippen LogP contribution in [0.3, 0.4) is 0 Å². The Morgan fingerprint density at radius 2 is 1.96 bits per heavy atom. The average molecular weight is 350 g/mol. The molecule has 0 amide bonds. The van der Waals surface area contributed by atoms with Gasteiger partial charge in [-0.15, -0.1) is 0 Å². The Morgan fingerprint density at radius 1 is 1.23 bits per heavy atom. The van der Waals surface area contributed by atoms with Gasteiger partial charge >= 0.3 is 5.63 Å². The fourth-order valence-corrected chi connectivity index (χ4v) is 2.98. The van der Waals surface area contributed by atoms with Gasteiger partial charge in [-0.25, -0.2) is 4.79 Å². The summed E-state index contributed by atoms with van der Waals surface area (Å²) in [5.74, 6) is 0.0745. The fraction of sp³-hybridized carbons (Fsp3) is 0.238. The molecule has 5 nitrogen and oxygen atoms in total. The van der Waals surface area contributed by atoms with Crippen LogP contribution in [0.2, 0.25) is 0 Å². The molecule has 0 bridgehead atoms. The van der Waals surface area contributed by atoms with Crippen LogP contribution in [0.15, 0.2) is 56.8 Å². The van der Waals surface area contributed by atoms with Gasteiger partial charge < -0.3 is 9.52 Å². The van der Waals surface area contributed by atoms with Crippen molar-refractivity contribution in [3.63, 3.8) is 0 Å². The molecule has 0 saturated heterocycles. The third kappa shape index (κ3) is 3.47. The van der Waals surface area contributed by atoms with Crippen molar-refractivity contribution in [3.8, 4) is 5.75 Å². The summed E-state index contributed by atoms with van der Waals surface area (Å²) < 4.78 is 5.35. The van der Waals surface area contributed by atoms with E-state index in [0.717, 1.165) is 29.5 Å². The minimum absolute atomic E-state index is 0.0745. The first-order valence-electron chi connectivity index (χ1n) is 8.66. The van der Waals surface area contributed by atoms with Crippen molar-refractivity contribution >= 4 is 22.4 Å². The molecule has 26 heavy (non-hydrogen) atoms. The number of hydrogen-bond donors (Lipinski definition) is 2. The van der Waals surface area contributed by atoms with Crippen LogP contribution >= 0.6 is 0 Å². The Morgan fingerprint density at radius 3 is 2.65 bits per heavy atom. The van der Waals surface area contributed by atoms with E-state index in [1.165, 1.54) is 6.07 Å². The Bertz CT molecular complexity index is 1020. The molecule has 0 saturated carbocycles. The molecule has 5 heteroatoms. The van der Waals surface area contributed by atoms with E-state index in [2.05, 4.69) is 17.5 Å². The number of rotatable bonds is 5. The van der Waals surface area contributed by atoms with E-state index in [-0.39, 0.29) is 5.75 Å². The number of para-hydroxylation sites is 1. The van der Waals surface area contributed by atoms with Gasteiger partial charge in [0, 0.05) is 22.6 Å². The van der Waals surface area contributed by atoms with Crippen molar-refractivity contribution in [2.75, 3.05) is 5.43 Å². The molecule has 2 aromatic carbocycles. The number of nitrogens with zero attached hydrogens (tertiary/aromatic N) is 1. The van der Waals surface area contributed by atoms with Gasteiger partial charge in [-0.1, -0.05) is 31.5 Å². The Balaban J connectivity index is 2.11. The summed E-state index contributed by atoms with van der Waals surface area (Å²) in [6.07, 6.45) is 1.68. The number of benzene rings is 2. The standard InChI is InChI=1S/C21H22N2O3/c1-4-8-15-11-19(24)26-21-13(2)20(25)17(12-18(15)21)14(3)22-23-16-9-6-5-7-10-16/h5-7,9-12,23,25H,4,8H2,1-3H3. The van der Waals surface area contributed by atoms with E-state index in [9.17, 15) is 9.90 Å². The van der Waals surface area contributed by atoms with Crippen LogP contribution < -0.4 is 11.1 Å². The molecule has 0 aliphatic carbocycles. The van der Waals surface area contributed by atoms with Crippen LogP contribution in [0.25, 0.3) is 11.0 Å². The van der Waals surface area contributed by atoms with Crippen molar-refractivity contribution < 1.29 is 9.52 Å². The Hall–Kier alpha value is -3.08. The van der Waals surface area contributed by atoms with Gasteiger partial charge in [0.25, 0.3) is 0 Å². The van der Waals surface area contributed by atoms with Crippen LogP contribution in [0.4, 0.5) is 5.69 Å². The van der Waals surface area contributed by atoms with Crippen molar-refractivity contribution in [2.45, 2.75) is 33.6 Å². The van der Waals surface area contributed by atoms with Crippen LogP contribution in [0.5, 0.6) is 5.75 Å². The summed E-state index contributed by atoms with van der Waals surface area (Å²) in [5.41, 5.74) is 6.62. The molecule has 1 aromatic heterocycles. The average Bonchev–Trinajstić information content (AvgIpc) is 2.64. The molecule has 134 valence electrons. The molecular formula is C21H22N2O3. The molecule has 0 unspecified atom stereocenters. The quantitative estimate of drug-likeness (QED) is 0.401. The number of phenolic OH excluding ortho intramolecular Hbond substituents is 1. The molecule has 2 N–H and O–H groups in total. The molecular weight excluding hydrogens is 328 g/mol. The summed E-state index contributed by atoms with van der Waals surface area (Å²) in [7, 11) is 0. The highest BCUT2D eigenvalue weighted by molar-refractivity contribution is 6.05. The number of anilines is 1. The van der Waals surface area contributed by atoms with Gasteiger partial charge in [0.15, 0.2) is 0 Å². The highest BCUT2D eigenvalue weighted by Crippen LogP contribution is 2.32. The molecule has 3 rings (SSSR count). The lowest BCUT2D eigenvalue weighted by Crippen LogP contribution is -2.05. The molecule has 0 radical (unpaired) electrons. The minimum Gasteiger partial charge on any atom is -0.507 e. The maximum Gasteiger partial charge on any atom is 0.336 e. The van der Waals surface area contributed by atoms with Gasteiger partial charge in [-0.2, -0.15) is 5.10 Å². The maximum atomic E-state index is 11.8. The lowest BCUT2D eigenvalue weighted by Gasteiger charge is -2.12. The van der Waals surface area contributed by atoms with Crippen molar-refractivity contribution in [1.82, 2.24) is 0 Å². The van der Waals surface area contributed by atoms with Crippen LogP contribution in [-0.4, -0.2) is 10.8 Å². The largest absolute Gasteiger partial charge is 0.507 e. The second-order valence-electron chi connectivity index (χ2n) is 6.29. The van der Waals surface area contributed by atoms with Crippen LogP contribution in [-0.2, 0) is 6.42 Å². The van der Waals surface area contributed by atoms with Gasteiger partial charge in [0.05, 0.1) is 11.4 Å². The molecule has 0 atom stereocenters. The normalized spacial score (nSPS) is 11.7. The van der Waals surface area contributed by atoms with E-state index in [1.807, 2.05) is 43.3 Å². The zero-order valence-corrected chi connectivity index (χ0v) is 15.2. The molecule has 0 fully saturated rings. The van der Waals surface area contributed by atoms with Gasteiger partial charge in [0.2, 0.25) is 0 Å². The topological polar surface area (TPSA) is 74.8 Å². The number of fused-ring (bicyclic) bond motifs is 1. The first-order valence-corrected chi connectivity index (χ1v) is 8.66. The molecule has 3 aromatic rings.